The van der Waals surface area contributed by atoms with Gasteiger partial charge in [0.2, 0.25) is 11.8 Å². The number of amides is 2. The van der Waals surface area contributed by atoms with Crippen LogP contribution in [0.4, 0.5) is 0 Å². The molecule has 0 bridgehead atoms. The van der Waals surface area contributed by atoms with E-state index in [0.29, 0.717) is 40.9 Å². The molecule has 1 saturated heterocycles. The molecule has 0 radical (unpaired) electrons. The second kappa shape index (κ2) is 12.5. The topological polar surface area (TPSA) is 121 Å². The van der Waals surface area contributed by atoms with Gasteiger partial charge in [0.25, 0.3) is 0 Å². The largest absolute Gasteiger partial charge is 0.508 e. The molecule has 2 N–H and O–H groups in total. The number of Topliss-reactive ketones (excluding diaryl/α,β-unsaturated/α-hetero) is 1. The highest BCUT2D eigenvalue weighted by Crippen LogP contribution is 2.64. The minimum atomic E-state index is -1.39. The normalized spacial score (nSPS) is 26.9. The lowest BCUT2D eigenvalue weighted by molar-refractivity contribution is -0.140. The van der Waals surface area contributed by atoms with Gasteiger partial charge >= 0.3 is 0 Å². The van der Waals surface area contributed by atoms with Crippen molar-refractivity contribution >= 4 is 29.0 Å². The van der Waals surface area contributed by atoms with Gasteiger partial charge in [-0.1, -0.05) is 90.5 Å². The second-order valence-electron chi connectivity index (χ2n) is 14.0. The maximum absolute atomic E-state index is 15.2. The van der Waals surface area contributed by atoms with Crippen molar-refractivity contribution in [1.82, 2.24) is 4.90 Å². The molecular weight excluding hydrogens is 642 g/mol. The predicted octanol–water partition coefficient (Wildman–Crippen LogP) is 6.17. The Morgan fingerprint density at radius 3 is 2.20 bits per heavy atom. The summed E-state index contributed by atoms with van der Waals surface area (Å²) in [5, 5.41) is 20.2. The van der Waals surface area contributed by atoms with Crippen molar-refractivity contribution < 1.29 is 34.1 Å². The summed E-state index contributed by atoms with van der Waals surface area (Å²) in [6.45, 7) is 0.197. The van der Waals surface area contributed by atoms with Gasteiger partial charge in [-0.2, -0.15) is 0 Å². The van der Waals surface area contributed by atoms with Crippen LogP contribution in [0.15, 0.2) is 121 Å². The lowest BCUT2D eigenvalue weighted by Gasteiger charge is -2.55. The number of likely N-dealkylation sites (tertiary alicyclic amines) is 1. The van der Waals surface area contributed by atoms with Gasteiger partial charge in [-0.3, -0.25) is 24.1 Å². The van der Waals surface area contributed by atoms with Crippen molar-refractivity contribution in [1.29, 1.82) is 0 Å². The third kappa shape index (κ3) is 5.03. The summed E-state index contributed by atoms with van der Waals surface area (Å²) < 4.78 is 5.85. The van der Waals surface area contributed by atoms with Crippen LogP contribution in [0.1, 0.15) is 41.0 Å². The molecule has 51 heavy (non-hydrogen) atoms. The van der Waals surface area contributed by atoms with Gasteiger partial charge in [-0.05, 0) is 66.1 Å². The fraction of sp³-hybridized carbons (Fsp3) is 0.256. The molecule has 0 aromatic heterocycles. The van der Waals surface area contributed by atoms with Gasteiger partial charge < -0.3 is 14.9 Å². The molecule has 4 aromatic carbocycles. The predicted molar refractivity (Wildman–Crippen MR) is 190 cm³/mol. The van der Waals surface area contributed by atoms with E-state index >= 15 is 9.59 Å². The van der Waals surface area contributed by atoms with E-state index in [1.807, 2.05) is 66.7 Å². The summed E-state index contributed by atoms with van der Waals surface area (Å²) in [6, 6.07) is 30.1. The summed E-state index contributed by atoms with van der Waals surface area (Å²) in [5.74, 6) is -3.81. The number of hydrogen-bond donors (Lipinski definition) is 2. The van der Waals surface area contributed by atoms with Crippen LogP contribution in [0.25, 0.3) is 5.57 Å². The Morgan fingerprint density at radius 2 is 1.49 bits per heavy atom. The number of phenolic OH excluding ortho intramolecular Hbond substituents is 2. The monoisotopic (exact) mass is 679 g/mol. The van der Waals surface area contributed by atoms with Gasteiger partial charge in [0.1, 0.15) is 17.2 Å². The zero-order chi connectivity index (χ0) is 35.4. The minimum Gasteiger partial charge on any atom is -0.508 e. The molecule has 8 heteroatoms. The van der Waals surface area contributed by atoms with Gasteiger partial charge in [-0.25, -0.2) is 0 Å². The summed E-state index contributed by atoms with van der Waals surface area (Å²) >= 11 is 0. The third-order valence-corrected chi connectivity index (χ3v) is 11.6. The van der Waals surface area contributed by atoms with E-state index in [0.717, 1.165) is 11.1 Å². The Bertz CT molecular complexity index is 2120. The average Bonchev–Trinajstić information content (AvgIpc) is 3.40. The molecule has 8 nitrogen and oxygen atoms in total. The molecule has 6 atom stereocenters. The average molecular weight is 680 g/mol. The summed E-state index contributed by atoms with van der Waals surface area (Å²) in [5.41, 5.74) is 2.61. The van der Waals surface area contributed by atoms with Gasteiger partial charge in [0.15, 0.2) is 11.6 Å². The van der Waals surface area contributed by atoms with Crippen molar-refractivity contribution in [2.45, 2.75) is 30.6 Å². The third-order valence-electron chi connectivity index (χ3n) is 11.6. The number of fused-ring (bicyclic) bond motifs is 4. The number of allylic oxidation sites excluding steroid dienone is 4. The first kappa shape index (κ1) is 32.4. The molecule has 0 spiro atoms. The number of benzene rings is 4. The molecule has 2 fully saturated rings. The number of ether oxygens (including phenoxy) is 1. The Hall–Kier alpha value is -5.76. The number of aromatic hydroxyl groups is 2. The number of imide groups is 1. The Kier molecular flexibility index (Phi) is 7.97. The van der Waals surface area contributed by atoms with Gasteiger partial charge in [0.05, 0.1) is 24.4 Å². The fourth-order valence-corrected chi connectivity index (χ4v) is 9.35. The number of phenols is 2. The summed E-state index contributed by atoms with van der Waals surface area (Å²) in [6.07, 6.45) is 4.47. The maximum atomic E-state index is 15.2. The van der Waals surface area contributed by atoms with Crippen molar-refractivity contribution in [2.24, 2.45) is 23.7 Å². The highest BCUT2D eigenvalue weighted by molar-refractivity contribution is 6.31. The number of methoxy groups -OCH3 is 1. The molecule has 6 unspecified atom stereocenters. The fourth-order valence-electron chi connectivity index (χ4n) is 9.35. The SMILES string of the molecule is COc1cc(O)ccc1C1C2=CCC3C(=O)N(CCc4ccc(O)cc4)C(=O)C3C2CC2C(=O)C(c3ccccc3)=CC(=O)C21c1ccccc1. The van der Waals surface area contributed by atoms with Gasteiger partial charge in [-0.15, -0.1) is 0 Å². The highest BCUT2D eigenvalue weighted by atomic mass is 16.5. The molecular formula is C43H37NO7. The Morgan fingerprint density at radius 1 is 0.804 bits per heavy atom. The first-order valence-electron chi connectivity index (χ1n) is 17.3. The maximum Gasteiger partial charge on any atom is 0.233 e. The standard InChI is InChI=1S/C43H37NO7/c1-51-36-22-29(46)16-17-31(36)39-30-18-19-32-38(42(50)44(41(32)49)21-20-25-12-14-28(45)15-13-25)34(30)23-35-40(48)33(26-8-4-2-5-9-26)24-37(47)43(35,39)27-10-6-3-7-11-27/h2-18,22,24,32,34-35,38-39,45-46H,19-21,23H2,1H3. The number of carbonyl (C=O) groups is 4. The number of hydrogen-bond acceptors (Lipinski definition) is 7. The van der Waals surface area contributed by atoms with Crippen molar-refractivity contribution in [3.63, 3.8) is 0 Å². The van der Waals surface area contributed by atoms with Crippen LogP contribution in [0.3, 0.4) is 0 Å². The first-order valence-corrected chi connectivity index (χ1v) is 17.3. The summed E-state index contributed by atoms with van der Waals surface area (Å²) in [4.78, 5) is 60.0. The van der Waals surface area contributed by atoms with Crippen molar-refractivity contribution in [3.05, 3.63) is 143 Å². The lowest BCUT2D eigenvalue weighted by atomic mass is 9.44. The minimum absolute atomic E-state index is 0.0101. The van der Waals surface area contributed by atoms with Crippen LogP contribution in [0.2, 0.25) is 0 Å². The van der Waals surface area contributed by atoms with E-state index in [2.05, 4.69) is 0 Å². The van der Waals surface area contributed by atoms with Crippen molar-refractivity contribution in [3.8, 4) is 17.2 Å². The van der Waals surface area contributed by atoms with E-state index in [1.54, 1.807) is 36.4 Å². The number of carbonyl (C=O) groups excluding carboxylic acids is 4. The molecule has 4 aliphatic rings. The molecule has 2 amide bonds. The molecule has 1 aliphatic heterocycles. The van der Waals surface area contributed by atoms with Crippen LogP contribution in [0.5, 0.6) is 17.2 Å². The van der Waals surface area contributed by atoms with E-state index in [9.17, 15) is 19.8 Å². The van der Waals surface area contributed by atoms with Crippen LogP contribution < -0.4 is 4.74 Å². The quantitative estimate of drug-likeness (QED) is 0.177. The molecule has 4 aromatic rings. The molecule has 1 heterocycles. The van der Waals surface area contributed by atoms with Crippen LogP contribution in [-0.2, 0) is 31.0 Å². The van der Waals surface area contributed by atoms with Crippen molar-refractivity contribution in [2.75, 3.05) is 13.7 Å². The highest BCUT2D eigenvalue weighted by Gasteiger charge is 2.66. The number of rotatable bonds is 7. The second-order valence-corrected chi connectivity index (χ2v) is 14.0. The van der Waals surface area contributed by atoms with Crippen LogP contribution >= 0.6 is 0 Å². The smallest absolute Gasteiger partial charge is 0.233 e. The molecule has 8 rings (SSSR count). The molecule has 3 aliphatic carbocycles. The van der Waals surface area contributed by atoms with Gasteiger partial charge in [0, 0.05) is 35.6 Å². The molecule has 256 valence electrons. The molecule has 1 saturated carbocycles. The van der Waals surface area contributed by atoms with E-state index in [-0.39, 0.29) is 47.8 Å². The van der Waals surface area contributed by atoms with E-state index < -0.39 is 35.0 Å². The number of ketones is 2. The number of nitrogens with zero attached hydrogens (tertiary/aromatic N) is 1. The van der Waals surface area contributed by atoms with Crippen LogP contribution in [0, 0.1) is 23.7 Å². The van der Waals surface area contributed by atoms with Crippen LogP contribution in [-0.4, -0.2) is 52.1 Å². The zero-order valence-electron chi connectivity index (χ0n) is 28.1. The lowest BCUT2D eigenvalue weighted by Crippen LogP contribution is -2.58. The summed E-state index contributed by atoms with van der Waals surface area (Å²) in [7, 11) is 1.50. The van der Waals surface area contributed by atoms with E-state index in [1.165, 1.54) is 24.2 Å². The Balaban J connectivity index is 1.30. The van der Waals surface area contributed by atoms with E-state index in [4.69, 9.17) is 4.74 Å². The Labute approximate surface area is 295 Å². The first-order chi connectivity index (χ1) is 24.7. The zero-order valence-corrected chi connectivity index (χ0v) is 28.1.